The lowest BCUT2D eigenvalue weighted by molar-refractivity contribution is -0.137. The van der Waals surface area contributed by atoms with E-state index in [4.69, 9.17) is 0 Å². The van der Waals surface area contributed by atoms with Gasteiger partial charge in [0, 0.05) is 13.1 Å². The minimum atomic E-state index is -4.42. The van der Waals surface area contributed by atoms with E-state index in [1.165, 1.54) is 35.5 Å². The second kappa shape index (κ2) is 8.30. The van der Waals surface area contributed by atoms with Crippen LogP contribution in [0.25, 0.3) is 11.8 Å². The number of nitrogens with zero attached hydrogens (tertiary/aromatic N) is 4. The molecule has 1 amide bonds. The standard InChI is InChI=1S/C21H19F3N4O/c1-15(17-7-9-19(10-8-17)28-14-25-13-26-28)27(2)20(29)11-6-16-4-3-5-18(12-16)21(22,23)24/h3-15H,1-2H3/b11-6+. The van der Waals surface area contributed by atoms with Gasteiger partial charge in [-0.2, -0.15) is 18.3 Å². The van der Waals surface area contributed by atoms with Crippen molar-refractivity contribution in [3.8, 4) is 5.69 Å². The average molecular weight is 400 g/mol. The fraction of sp³-hybridized carbons (Fsp3) is 0.190. The van der Waals surface area contributed by atoms with Crippen molar-refractivity contribution in [3.63, 3.8) is 0 Å². The van der Waals surface area contributed by atoms with Crippen molar-refractivity contribution in [2.24, 2.45) is 0 Å². The number of amides is 1. The van der Waals surface area contributed by atoms with E-state index in [1.807, 2.05) is 31.2 Å². The highest BCUT2D eigenvalue weighted by Gasteiger charge is 2.30. The Labute approximate surface area is 166 Å². The van der Waals surface area contributed by atoms with Crippen LogP contribution in [0.2, 0.25) is 0 Å². The fourth-order valence-corrected chi connectivity index (χ4v) is 2.77. The van der Waals surface area contributed by atoms with Gasteiger partial charge in [0.1, 0.15) is 12.7 Å². The zero-order valence-electron chi connectivity index (χ0n) is 15.8. The van der Waals surface area contributed by atoms with Gasteiger partial charge in [-0.15, -0.1) is 0 Å². The summed E-state index contributed by atoms with van der Waals surface area (Å²) in [6.07, 6.45) is 1.27. The summed E-state index contributed by atoms with van der Waals surface area (Å²) in [7, 11) is 1.65. The first-order valence-corrected chi connectivity index (χ1v) is 8.83. The van der Waals surface area contributed by atoms with Crippen molar-refractivity contribution >= 4 is 12.0 Å². The molecular formula is C21H19F3N4O. The molecule has 0 bridgehead atoms. The molecule has 0 fully saturated rings. The van der Waals surface area contributed by atoms with Crippen molar-refractivity contribution in [1.29, 1.82) is 0 Å². The van der Waals surface area contributed by atoms with E-state index >= 15 is 0 Å². The lowest BCUT2D eigenvalue weighted by Crippen LogP contribution is -2.28. The molecule has 3 rings (SSSR count). The van der Waals surface area contributed by atoms with Gasteiger partial charge in [0.25, 0.3) is 0 Å². The van der Waals surface area contributed by atoms with E-state index in [2.05, 4.69) is 10.1 Å². The van der Waals surface area contributed by atoms with Crippen LogP contribution in [0.15, 0.2) is 67.3 Å². The number of benzene rings is 2. The van der Waals surface area contributed by atoms with Gasteiger partial charge < -0.3 is 4.90 Å². The molecule has 0 saturated carbocycles. The highest BCUT2D eigenvalue weighted by atomic mass is 19.4. The fourth-order valence-electron chi connectivity index (χ4n) is 2.77. The van der Waals surface area contributed by atoms with E-state index in [1.54, 1.807) is 18.1 Å². The number of likely N-dealkylation sites (N-methyl/N-ethyl adjacent to an activating group) is 1. The van der Waals surface area contributed by atoms with Gasteiger partial charge in [0.05, 0.1) is 17.3 Å². The van der Waals surface area contributed by atoms with Crippen LogP contribution in [0.1, 0.15) is 29.7 Å². The van der Waals surface area contributed by atoms with Gasteiger partial charge >= 0.3 is 6.18 Å². The van der Waals surface area contributed by atoms with Gasteiger partial charge in [-0.05, 0) is 48.4 Å². The van der Waals surface area contributed by atoms with Gasteiger partial charge in [-0.1, -0.05) is 24.3 Å². The lowest BCUT2D eigenvalue weighted by Gasteiger charge is -2.24. The third kappa shape index (κ3) is 4.90. The van der Waals surface area contributed by atoms with Crippen LogP contribution in [0, 0.1) is 0 Å². The molecule has 1 heterocycles. The van der Waals surface area contributed by atoms with Crippen LogP contribution in [-0.4, -0.2) is 32.6 Å². The predicted octanol–water partition coefficient (Wildman–Crippen LogP) is 4.52. The maximum absolute atomic E-state index is 12.8. The number of halogens is 3. The number of hydrogen-bond donors (Lipinski definition) is 0. The molecule has 1 unspecified atom stereocenters. The molecule has 0 aliphatic rings. The van der Waals surface area contributed by atoms with Gasteiger partial charge in [-0.3, -0.25) is 4.79 Å². The summed E-state index contributed by atoms with van der Waals surface area (Å²) in [5.74, 6) is -0.310. The predicted molar refractivity (Wildman–Crippen MR) is 103 cm³/mol. The lowest BCUT2D eigenvalue weighted by atomic mass is 10.1. The number of rotatable bonds is 5. The Hall–Kier alpha value is -3.42. The van der Waals surface area contributed by atoms with Gasteiger partial charge in [0.15, 0.2) is 0 Å². The monoisotopic (exact) mass is 400 g/mol. The smallest absolute Gasteiger partial charge is 0.335 e. The second-order valence-electron chi connectivity index (χ2n) is 6.51. The molecule has 3 aromatic rings. The Kier molecular flexibility index (Phi) is 5.81. The van der Waals surface area contributed by atoms with Crippen molar-refractivity contribution in [2.45, 2.75) is 19.1 Å². The summed E-state index contributed by atoms with van der Waals surface area (Å²) in [5, 5.41) is 4.06. The molecule has 29 heavy (non-hydrogen) atoms. The molecule has 2 aromatic carbocycles. The number of hydrogen-bond acceptors (Lipinski definition) is 3. The van der Waals surface area contributed by atoms with E-state index in [9.17, 15) is 18.0 Å². The molecule has 1 aromatic heterocycles. The summed E-state index contributed by atoms with van der Waals surface area (Å²) >= 11 is 0. The van der Waals surface area contributed by atoms with E-state index in [0.717, 1.165) is 23.4 Å². The molecule has 0 aliphatic heterocycles. The molecule has 1 atom stereocenters. The normalized spacial score (nSPS) is 12.9. The van der Waals surface area contributed by atoms with E-state index in [-0.39, 0.29) is 11.9 Å². The average Bonchev–Trinajstić information content (AvgIpc) is 3.25. The first kappa shape index (κ1) is 20.3. The number of carbonyl (C=O) groups excluding carboxylic acids is 1. The van der Waals surface area contributed by atoms with Crippen molar-refractivity contribution in [3.05, 3.63) is 84.0 Å². The third-order valence-electron chi connectivity index (χ3n) is 4.62. The molecule has 0 saturated heterocycles. The maximum Gasteiger partial charge on any atom is 0.416 e. The summed E-state index contributed by atoms with van der Waals surface area (Å²) in [6, 6.07) is 12.1. The zero-order valence-corrected chi connectivity index (χ0v) is 15.8. The molecule has 0 spiro atoms. The maximum atomic E-state index is 12.8. The van der Waals surface area contributed by atoms with E-state index in [0.29, 0.717) is 5.56 Å². The van der Waals surface area contributed by atoms with E-state index < -0.39 is 11.7 Å². The van der Waals surface area contributed by atoms with Gasteiger partial charge in [-0.25, -0.2) is 9.67 Å². The number of carbonyl (C=O) groups is 1. The summed E-state index contributed by atoms with van der Waals surface area (Å²) < 4.78 is 40.0. The zero-order chi connectivity index (χ0) is 21.0. The highest BCUT2D eigenvalue weighted by molar-refractivity contribution is 5.91. The van der Waals surface area contributed by atoms with Crippen molar-refractivity contribution < 1.29 is 18.0 Å². The minimum Gasteiger partial charge on any atom is -0.335 e. The Morgan fingerprint density at radius 3 is 2.52 bits per heavy atom. The summed E-state index contributed by atoms with van der Waals surface area (Å²) in [5.41, 5.74) is 1.32. The minimum absolute atomic E-state index is 0.224. The second-order valence-corrected chi connectivity index (χ2v) is 6.51. The molecule has 0 aliphatic carbocycles. The summed E-state index contributed by atoms with van der Waals surface area (Å²) in [4.78, 5) is 17.9. The number of alkyl halides is 3. The molecular weight excluding hydrogens is 381 g/mol. The highest BCUT2D eigenvalue weighted by Crippen LogP contribution is 2.29. The molecule has 5 nitrogen and oxygen atoms in total. The third-order valence-corrected chi connectivity index (χ3v) is 4.62. The molecule has 0 N–H and O–H groups in total. The van der Waals surface area contributed by atoms with Crippen LogP contribution in [0.5, 0.6) is 0 Å². The molecule has 0 radical (unpaired) electrons. The van der Waals surface area contributed by atoms with Crippen LogP contribution in [0.4, 0.5) is 13.2 Å². The Morgan fingerprint density at radius 2 is 1.90 bits per heavy atom. The van der Waals surface area contributed by atoms with Crippen LogP contribution >= 0.6 is 0 Å². The van der Waals surface area contributed by atoms with Crippen molar-refractivity contribution in [2.75, 3.05) is 7.05 Å². The SMILES string of the molecule is CC(c1ccc(-n2cncn2)cc1)N(C)C(=O)/C=C/c1cccc(C(F)(F)F)c1. The van der Waals surface area contributed by atoms with Crippen LogP contribution in [-0.2, 0) is 11.0 Å². The van der Waals surface area contributed by atoms with Crippen molar-refractivity contribution in [1.82, 2.24) is 19.7 Å². The Balaban J connectivity index is 1.68. The topological polar surface area (TPSA) is 51.0 Å². The Bertz CT molecular complexity index is 996. The van der Waals surface area contributed by atoms with Crippen LogP contribution in [0.3, 0.4) is 0 Å². The molecule has 8 heteroatoms. The first-order valence-electron chi connectivity index (χ1n) is 8.83. The largest absolute Gasteiger partial charge is 0.416 e. The summed E-state index contributed by atoms with van der Waals surface area (Å²) in [6.45, 7) is 1.88. The quantitative estimate of drug-likeness (QED) is 0.592. The first-order chi connectivity index (χ1) is 13.8. The van der Waals surface area contributed by atoms with Gasteiger partial charge in [0.2, 0.25) is 5.91 Å². The number of aromatic nitrogens is 3. The molecule has 150 valence electrons. The Morgan fingerprint density at radius 1 is 1.17 bits per heavy atom. The van der Waals surface area contributed by atoms with Crippen LogP contribution < -0.4 is 0 Å².